The summed E-state index contributed by atoms with van der Waals surface area (Å²) in [4.78, 5) is 13.5. The van der Waals surface area contributed by atoms with Gasteiger partial charge >= 0.3 is 5.97 Å². The third kappa shape index (κ3) is 3.09. The Morgan fingerprint density at radius 1 is 1.35 bits per heavy atom. The number of hydrogen-bond donors (Lipinski definition) is 1. The van der Waals surface area contributed by atoms with E-state index in [0.717, 1.165) is 17.2 Å². The van der Waals surface area contributed by atoms with E-state index in [1.807, 2.05) is 29.7 Å². The van der Waals surface area contributed by atoms with Crippen LogP contribution in [0.15, 0.2) is 34.9 Å². The van der Waals surface area contributed by atoms with Crippen molar-refractivity contribution in [3.63, 3.8) is 0 Å². The Balaban J connectivity index is 1.56. The number of nitrogens with zero attached hydrogens (tertiary/aromatic N) is 5. The Bertz CT molecular complexity index is 950. The van der Waals surface area contributed by atoms with E-state index in [1.165, 1.54) is 0 Å². The Morgan fingerprint density at radius 3 is 2.85 bits per heavy atom. The zero-order chi connectivity index (χ0) is 18.3. The van der Waals surface area contributed by atoms with Crippen molar-refractivity contribution in [2.45, 2.75) is 32.6 Å². The van der Waals surface area contributed by atoms with Crippen molar-refractivity contribution >= 4 is 17.6 Å². The number of fused-ring (bicyclic) bond motifs is 1. The zero-order valence-corrected chi connectivity index (χ0v) is 14.7. The SMILES string of the molecule is Cc1nnc2n1CC(C(=O)O)N(Cc1cc(-c3ccc(Cl)cc3)no1)C2. The predicted octanol–water partition coefficient (Wildman–Crippen LogP) is 2.36. The smallest absolute Gasteiger partial charge is 0.322 e. The average molecular weight is 374 g/mol. The molecule has 134 valence electrons. The molecule has 2 aromatic heterocycles. The molecule has 1 N–H and O–H groups in total. The van der Waals surface area contributed by atoms with Gasteiger partial charge in [0, 0.05) is 16.7 Å². The zero-order valence-electron chi connectivity index (χ0n) is 14.0. The number of rotatable bonds is 4. The lowest BCUT2D eigenvalue weighted by Gasteiger charge is -2.32. The Labute approximate surface area is 154 Å². The number of carboxylic acid groups (broad SMARTS) is 1. The summed E-state index contributed by atoms with van der Waals surface area (Å²) in [5.74, 6) is 1.17. The molecule has 0 saturated heterocycles. The molecular weight excluding hydrogens is 358 g/mol. The fourth-order valence-electron chi connectivity index (χ4n) is 3.10. The standard InChI is InChI=1S/C17H16ClN5O3/c1-10-19-20-16-9-22(15(17(24)25)8-23(10)16)7-13-6-14(21-26-13)11-2-4-12(18)5-3-11/h2-6,15H,7-9H2,1H3,(H,24,25). The van der Waals surface area contributed by atoms with Crippen molar-refractivity contribution < 1.29 is 14.4 Å². The molecule has 0 bridgehead atoms. The van der Waals surface area contributed by atoms with Gasteiger partial charge in [-0.1, -0.05) is 28.9 Å². The van der Waals surface area contributed by atoms with Crippen molar-refractivity contribution in [3.05, 3.63) is 52.8 Å². The summed E-state index contributed by atoms with van der Waals surface area (Å²) < 4.78 is 7.25. The van der Waals surface area contributed by atoms with Crippen LogP contribution in [0.2, 0.25) is 5.02 Å². The molecule has 1 aliphatic rings. The molecule has 0 radical (unpaired) electrons. The number of carboxylic acids is 1. The second-order valence-electron chi connectivity index (χ2n) is 6.22. The van der Waals surface area contributed by atoms with Gasteiger partial charge in [0.05, 0.1) is 19.6 Å². The minimum absolute atomic E-state index is 0.307. The summed E-state index contributed by atoms with van der Waals surface area (Å²) >= 11 is 5.90. The highest BCUT2D eigenvalue weighted by molar-refractivity contribution is 6.30. The molecule has 3 aromatic rings. The summed E-state index contributed by atoms with van der Waals surface area (Å²) in [6, 6.07) is 8.41. The third-order valence-corrected chi connectivity index (χ3v) is 4.75. The van der Waals surface area contributed by atoms with Crippen LogP contribution in [0.25, 0.3) is 11.3 Å². The minimum Gasteiger partial charge on any atom is -0.480 e. The van der Waals surface area contributed by atoms with E-state index in [0.29, 0.717) is 36.1 Å². The lowest BCUT2D eigenvalue weighted by Crippen LogP contribution is -2.47. The largest absolute Gasteiger partial charge is 0.480 e. The van der Waals surface area contributed by atoms with Crippen molar-refractivity contribution in [2.75, 3.05) is 0 Å². The average Bonchev–Trinajstić information content (AvgIpc) is 3.22. The van der Waals surface area contributed by atoms with Crippen LogP contribution in [0.1, 0.15) is 17.4 Å². The van der Waals surface area contributed by atoms with Gasteiger partial charge in [-0.05, 0) is 19.1 Å². The van der Waals surface area contributed by atoms with E-state index in [2.05, 4.69) is 15.4 Å². The molecule has 9 heteroatoms. The molecule has 1 atom stereocenters. The van der Waals surface area contributed by atoms with Gasteiger partial charge in [-0.15, -0.1) is 10.2 Å². The monoisotopic (exact) mass is 373 g/mol. The number of benzene rings is 1. The van der Waals surface area contributed by atoms with Crippen LogP contribution < -0.4 is 0 Å². The van der Waals surface area contributed by atoms with Crippen LogP contribution in [-0.2, 0) is 24.4 Å². The van der Waals surface area contributed by atoms with E-state index >= 15 is 0 Å². The lowest BCUT2D eigenvalue weighted by atomic mass is 10.1. The molecule has 26 heavy (non-hydrogen) atoms. The van der Waals surface area contributed by atoms with E-state index in [1.54, 1.807) is 17.0 Å². The van der Waals surface area contributed by atoms with Crippen LogP contribution in [0.3, 0.4) is 0 Å². The van der Waals surface area contributed by atoms with Crippen LogP contribution in [0.5, 0.6) is 0 Å². The van der Waals surface area contributed by atoms with Crippen molar-refractivity contribution in [3.8, 4) is 11.3 Å². The molecule has 0 fully saturated rings. The van der Waals surface area contributed by atoms with Gasteiger partial charge in [0.1, 0.15) is 23.4 Å². The highest BCUT2D eigenvalue weighted by Gasteiger charge is 2.34. The summed E-state index contributed by atoms with van der Waals surface area (Å²) in [5.41, 5.74) is 1.56. The van der Waals surface area contributed by atoms with Crippen molar-refractivity contribution in [1.82, 2.24) is 24.8 Å². The molecule has 4 rings (SSSR count). The molecule has 1 unspecified atom stereocenters. The molecule has 1 aromatic carbocycles. The summed E-state index contributed by atoms with van der Waals surface area (Å²) in [6.07, 6.45) is 0. The van der Waals surface area contributed by atoms with Crippen LogP contribution in [0, 0.1) is 6.92 Å². The van der Waals surface area contributed by atoms with Crippen molar-refractivity contribution in [1.29, 1.82) is 0 Å². The Kier molecular flexibility index (Phi) is 4.21. The first-order valence-corrected chi connectivity index (χ1v) is 8.46. The maximum Gasteiger partial charge on any atom is 0.322 e. The molecule has 3 heterocycles. The molecule has 1 aliphatic heterocycles. The van der Waals surface area contributed by atoms with Gasteiger partial charge in [-0.2, -0.15) is 0 Å². The van der Waals surface area contributed by atoms with Crippen LogP contribution >= 0.6 is 11.6 Å². The molecule has 0 saturated carbocycles. The fourth-order valence-corrected chi connectivity index (χ4v) is 3.23. The summed E-state index contributed by atoms with van der Waals surface area (Å²) in [5, 5.41) is 22.5. The lowest BCUT2D eigenvalue weighted by molar-refractivity contribution is -0.145. The number of carbonyl (C=O) groups is 1. The van der Waals surface area contributed by atoms with Gasteiger partial charge in [-0.25, -0.2) is 0 Å². The van der Waals surface area contributed by atoms with Gasteiger partial charge in [0.15, 0.2) is 5.76 Å². The molecule has 0 amide bonds. The van der Waals surface area contributed by atoms with E-state index < -0.39 is 12.0 Å². The van der Waals surface area contributed by atoms with Gasteiger partial charge in [0.2, 0.25) is 0 Å². The predicted molar refractivity (Wildman–Crippen MR) is 92.4 cm³/mol. The van der Waals surface area contributed by atoms with Crippen LogP contribution in [0.4, 0.5) is 0 Å². The Hall–Kier alpha value is -2.71. The van der Waals surface area contributed by atoms with E-state index in [-0.39, 0.29) is 0 Å². The van der Waals surface area contributed by atoms with Gasteiger partial charge in [-0.3, -0.25) is 9.69 Å². The molecular formula is C17H16ClN5O3. The second kappa shape index (κ2) is 6.54. The number of halogens is 1. The van der Waals surface area contributed by atoms with E-state index in [9.17, 15) is 9.90 Å². The number of aliphatic carboxylic acids is 1. The third-order valence-electron chi connectivity index (χ3n) is 4.50. The first-order valence-electron chi connectivity index (χ1n) is 8.08. The topological polar surface area (TPSA) is 97.3 Å². The van der Waals surface area contributed by atoms with Crippen molar-refractivity contribution in [2.24, 2.45) is 0 Å². The summed E-state index contributed by atoms with van der Waals surface area (Å²) in [6.45, 7) is 2.83. The Morgan fingerprint density at radius 2 is 2.12 bits per heavy atom. The quantitative estimate of drug-likeness (QED) is 0.749. The summed E-state index contributed by atoms with van der Waals surface area (Å²) in [7, 11) is 0. The van der Waals surface area contributed by atoms with Gasteiger partial charge in [0.25, 0.3) is 0 Å². The highest BCUT2D eigenvalue weighted by Crippen LogP contribution is 2.24. The first-order chi connectivity index (χ1) is 12.5. The normalized spacial score (nSPS) is 17.2. The number of aromatic nitrogens is 4. The fraction of sp³-hybridized carbons (Fsp3) is 0.294. The molecule has 8 nitrogen and oxygen atoms in total. The van der Waals surface area contributed by atoms with Gasteiger partial charge < -0.3 is 14.2 Å². The van der Waals surface area contributed by atoms with Crippen LogP contribution in [-0.4, -0.2) is 41.9 Å². The number of aryl methyl sites for hydroxylation is 1. The molecule has 0 aliphatic carbocycles. The second-order valence-corrected chi connectivity index (χ2v) is 6.65. The maximum absolute atomic E-state index is 11.7. The first kappa shape index (κ1) is 16.7. The maximum atomic E-state index is 11.7. The van der Waals surface area contributed by atoms with E-state index in [4.69, 9.17) is 16.1 Å². The number of hydrogen-bond acceptors (Lipinski definition) is 6. The molecule has 0 spiro atoms. The highest BCUT2D eigenvalue weighted by atomic mass is 35.5. The minimum atomic E-state index is -0.888.